The lowest BCUT2D eigenvalue weighted by Gasteiger charge is -2.14. The van der Waals surface area contributed by atoms with Crippen molar-refractivity contribution in [3.05, 3.63) is 59.4 Å². The highest BCUT2D eigenvalue weighted by atomic mass is 16.7. The molecule has 0 aliphatic carbocycles. The lowest BCUT2D eigenvalue weighted by Crippen LogP contribution is -2.28. The van der Waals surface area contributed by atoms with Crippen molar-refractivity contribution in [2.75, 3.05) is 6.79 Å². The van der Waals surface area contributed by atoms with Gasteiger partial charge in [-0.05, 0) is 42.7 Å². The van der Waals surface area contributed by atoms with Gasteiger partial charge in [0.25, 0.3) is 0 Å². The highest BCUT2D eigenvalue weighted by molar-refractivity contribution is 5.88. The molecule has 2 heterocycles. The molecular weight excluding hydrogens is 330 g/mol. The third-order valence-corrected chi connectivity index (χ3v) is 4.75. The number of amides is 1. The summed E-state index contributed by atoms with van der Waals surface area (Å²) in [5.41, 5.74) is 3.93. The molecule has 5 heteroatoms. The first-order valence-electron chi connectivity index (χ1n) is 8.82. The topological polar surface area (TPSA) is 60.7 Å². The standard InChI is InChI=1S/C21H21NO4/c1-3-14-4-6-17-16(11-24-19(17)8-14)10-21(23)22-13(2)15-5-7-18-20(9-15)26-12-25-18/h4-9,11,13H,3,10,12H2,1-2H3,(H,22,23). The molecule has 1 aromatic heterocycles. The fourth-order valence-electron chi connectivity index (χ4n) is 3.22. The van der Waals surface area contributed by atoms with Gasteiger partial charge >= 0.3 is 0 Å². The van der Waals surface area contributed by atoms with Gasteiger partial charge in [-0.25, -0.2) is 0 Å². The Bertz CT molecular complexity index is 960. The number of carbonyl (C=O) groups excluding carboxylic acids is 1. The fourth-order valence-corrected chi connectivity index (χ4v) is 3.22. The number of furan rings is 1. The molecule has 26 heavy (non-hydrogen) atoms. The van der Waals surface area contributed by atoms with Crippen LogP contribution in [0.25, 0.3) is 11.0 Å². The van der Waals surface area contributed by atoms with Crippen molar-refractivity contribution in [3.8, 4) is 11.5 Å². The van der Waals surface area contributed by atoms with Crippen molar-refractivity contribution in [2.24, 2.45) is 0 Å². The Morgan fingerprint density at radius 3 is 2.85 bits per heavy atom. The van der Waals surface area contributed by atoms with Gasteiger partial charge in [-0.2, -0.15) is 0 Å². The number of fused-ring (bicyclic) bond motifs is 2. The van der Waals surface area contributed by atoms with Gasteiger partial charge < -0.3 is 19.2 Å². The normalized spacial score (nSPS) is 13.8. The van der Waals surface area contributed by atoms with E-state index >= 15 is 0 Å². The van der Waals surface area contributed by atoms with Gasteiger partial charge in [-0.3, -0.25) is 4.79 Å². The third-order valence-electron chi connectivity index (χ3n) is 4.75. The number of hydrogen-bond donors (Lipinski definition) is 1. The zero-order chi connectivity index (χ0) is 18.1. The van der Waals surface area contributed by atoms with Crippen LogP contribution in [-0.4, -0.2) is 12.7 Å². The molecule has 1 N–H and O–H groups in total. The highest BCUT2D eigenvalue weighted by Gasteiger charge is 2.18. The average Bonchev–Trinajstić information content (AvgIpc) is 3.27. The largest absolute Gasteiger partial charge is 0.464 e. The van der Waals surface area contributed by atoms with Gasteiger partial charge in [0.2, 0.25) is 12.7 Å². The number of benzene rings is 2. The predicted octanol–water partition coefficient (Wildman–Crippen LogP) is 4.14. The summed E-state index contributed by atoms with van der Waals surface area (Å²) in [5, 5.41) is 4.03. The van der Waals surface area contributed by atoms with Crippen molar-refractivity contribution in [1.82, 2.24) is 5.32 Å². The minimum absolute atomic E-state index is 0.0440. The minimum Gasteiger partial charge on any atom is -0.464 e. The molecule has 134 valence electrons. The van der Waals surface area contributed by atoms with Crippen LogP contribution < -0.4 is 14.8 Å². The molecular formula is C21H21NO4. The Morgan fingerprint density at radius 2 is 2.00 bits per heavy atom. The second-order valence-corrected chi connectivity index (χ2v) is 6.52. The van der Waals surface area contributed by atoms with Crippen LogP contribution >= 0.6 is 0 Å². The van der Waals surface area contributed by atoms with E-state index in [9.17, 15) is 4.79 Å². The number of nitrogens with one attached hydrogen (secondary N) is 1. The Morgan fingerprint density at radius 1 is 1.15 bits per heavy atom. The van der Waals surface area contributed by atoms with Crippen molar-refractivity contribution in [1.29, 1.82) is 0 Å². The summed E-state index contributed by atoms with van der Waals surface area (Å²) in [7, 11) is 0. The summed E-state index contributed by atoms with van der Waals surface area (Å²) in [5.74, 6) is 1.41. The molecule has 0 saturated heterocycles. The van der Waals surface area contributed by atoms with Gasteiger partial charge in [0.15, 0.2) is 11.5 Å². The lowest BCUT2D eigenvalue weighted by molar-refractivity contribution is -0.121. The van der Waals surface area contributed by atoms with E-state index < -0.39 is 0 Å². The van der Waals surface area contributed by atoms with E-state index in [2.05, 4.69) is 18.3 Å². The molecule has 1 aliphatic rings. The minimum atomic E-state index is -0.123. The van der Waals surface area contributed by atoms with Gasteiger partial charge in [0.1, 0.15) is 5.58 Å². The van der Waals surface area contributed by atoms with Crippen LogP contribution in [0.3, 0.4) is 0 Å². The Balaban J connectivity index is 1.45. The number of carbonyl (C=O) groups is 1. The number of hydrogen-bond acceptors (Lipinski definition) is 4. The maximum Gasteiger partial charge on any atom is 0.231 e. The molecule has 0 bridgehead atoms. The number of ether oxygens (including phenoxy) is 2. The van der Waals surface area contributed by atoms with E-state index in [0.717, 1.165) is 40.0 Å². The van der Waals surface area contributed by atoms with Crippen molar-refractivity contribution >= 4 is 16.9 Å². The van der Waals surface area contributed by atoms with E-state index in [-0.39, 0.29) is 25.2 Å². The van der Waals surface area contributed by atoms with Crippen LogP contribution in [0.2, 0.25) is 0 Å². The smallest absolute Gasteiger partial charge is 0.231 e. The Kier molecular flexibility index (Phi) is 4.29. The Hall–Kier alpha value is -2.95. The summed E-state index contributed by atoms with van der Waals surface area (Å²) in [4.78, 5) is 12.5. The van der Waals surface area contributed by atoms with Gasteiger partial charge in [-0.15, -0.1) is 0 Å². The fraction of sp³-hybridized carbons (Fsp3) is 0.286. The summed E-state index contributed by atoms with van der Waals surface area (Å²) in [6.07, 6.45) is 2.92. The molecule has 0 fully saturated rings. The molecule has 0 spiro atoms. The van der Waals surface area contributed by atoms with E-state index in [0.29, 0.717) is 0 Å². The zero-order valence-electron chi connectivity index (χ0n) is 14.9. The summed E-state index contributed by atoms with van der Waals surface area (Å²) in [6, 6.07) is 11.7. The molecule has 3 aromatic rings. The second-order valence-electron chi connectivity index (χ2n) is 6.52. The van der Waals surface area contributed by atoms with Gasteiger partial charge in [-0.1, -0.05) is 25.1 Å². The van der Waals surface area contributed by atoms with Crippen molar-refractivity contribution < 1.29 is 18.7 Å². The molecule has 1 atom stereocenters. The van der Waals surface area contributed by atoms with Gasteiger partial charge in [0, 0.05) is 10.9 Å². The van der Waals surface area contributed by atoms with Crippen LogP contribution in [0, 0.1) is 0 Å². The van der Waals surface area contributed by atoms with Crippen LogP contribution in [0.15, 0.2) is 47.1 Å². The van der Waals surface area contributed by atoms with Gasteiger partial charge in [0.05, 0.1) is 18.7 Å². The monoisotopic (exact) mass is 351 g/mol. The first-order chi connectivity index (χ1) is 12.6. The van der Waals surface area contributed by atoms with Crippen molar-refractivity contribution in [2.45, 2.75) is 32.7 Å². The summed E-state index contributed by atoms with van der Waals surface area (Å²) >= 11 is 0. The van der Waals surface area contributed by atoms with E-state index in [1.165, 1.54) is 5.56 Å². The van der Waals surface area contributed by atoms with E-state index in [4.69, 9.17) is 13.9 Å². The summed E-state index contributed by atoms with van der Waals surface area (Å²) < 4.78 is 16.3. The lowest BCUT2D eigenvalue weighted by atomic mass is 10.1. The zero-order valence-corrected chi connectivity index (χ0v) is 14.9. The molecule has 1 aliphatic heterocycles. The van der Waals surface area contributed by atoms with E-state index in [1.54, 1.807) is 6.26 Å². The Labute approximate surface area is 151 Å². The first-order valence-corrected chi connectivity index (χ1v) is 8.82. The highest BCUT2D eigenvalue weighted by Crippen LogP contribution is 2.34. The van der Waals surface area contributed by atoms with E-state index in [1.807, 2.05) is 37.3 Å². The van der Waals surface area contributed by atoms with Crippen LogP contribution in [0.4, 0.5) is 0 Å². The van der Waals surface area contributed by atoms with Crippen LogP contribution in [0.5, 0.6) is 11.5 Å². The predicted molar refractivity (Wildman–Crippen MR) is 98.4 cm³/mol. The maximum absolute atomic E-state index is 12.5. The average molecular weight is 351 g/mol. The molecule has 4 rings (SSSR count). The van der Waals surface area contributed by atoms with Crippen molar-refractivity contribution in [3.63, 3.8) is 0 Å². The SMILES string of the molecule is CCc1ccc2c(CC(=O)NC(C)c3ccc4c(c3)OCO4)coc2c1. The quantitative estimate of drug-likeness (QED) is 0.750. The van der Waals surface area contributed by atoms with Crippen LogP contribution in [-0.2, 0) is 17.6 Å². The molecule has 1 amide bonds. The third kappa shape index (κ3) is 3.12. The maximum atomic E-state index is 12.5. The summed E-state index contributed by atoms with van der Waals surface area (Å²) in [6.45, 7) is 4.30. The van der Waals surface area contributed by atoms with Crippen LogP contribution in [0.1, 0.15) is 36.6 Å². The molecule has 0 radical (unpaired) electrons. The molecule has 2 aromatic carbocycles. The molecule has 1 unspecified atom stereocenters. The number of aryl methyl sites for hydroxylation is 1. The molecule has 0 saturated carbocycles. The first kappa shape index (κ1) is 16.5. The second kappa shape index (κ2) is 6.75. The molecule has 5 nitrogen and oxygen atoms in total. The number of rotatable bonds is 5.